The monoisotopic (exact) mass is 273 g/mol. The maximum atomic E-state index is 13.0. The van der Waals surface area contributed by atoms with Gasteiger partial charge in [0, 0.05) is 6.04 Å². The fourth-order valence-corrected chi connectivity index (χ4v) is 2.09. The molecule has 0 aliphatic rings. The van der Waals surface area contributed by atoms with Gasteiger partial charge in [-0.25, -0.2) is 4.39 Å². The topological polar surface area (TPSA) is 35.2 Å². The highest BCUT2D eigenvalue weighted by Gasteiger charge is 2.06. The molecule has 2 rings (SSSR count). The third-order valence-electron chi connectivity index (χ3n) is 3.41. The van der Waals surface area contributed by atoms with Crippen LogP contribution in [0.15, 0.2) is 36.4 Å². The number of benzene rings is 2. The number of hydrogen-bond donors (Lipinski definition) is 1. The number of hydrogen-bond acceptors (Lipinski definition) is 2. The van der Waals surface area contributed by atoms with Crippen molar-refractivity contribution in [3.8, 4) is 5.75 Å². The van der Waals surface area contributed by atoms with Crippen LogP contribution in [0.5, 0.6) is 5.75 Å². The van der Waals surface area contributed by atoms with Gasteiger partial charge in [0.05, 0.1) is 0 Å². The first kappa shape index (κ1) is 14.5. The minimum absolute atomic E-state index is 0.0158. The number of aryl methyl sites for hydroxylation is 2. The average Bonchev–Trinajstić information content (AvgIpc) is 2.38. The first-order valence-corrected chi connectivity index (χ1v) is 6.71. The van der Waals surface area contributed by atoms with Crippen molar-refractivity contribution in [2.24, 2.45) is 5.73 Å². The Kier molecular flexibility index (Phi) is 4.40. The SMILES string of the molecule is Cc1cc(F)ccc1COc1ccc([C@H](C)N)cc1C. The van der Waals surface area contributed by atoms with Gasteiger partial charge in [0.25, 0.3) is 0 Å². The molecule has 0 fully saturated rings. The molecule has 2 N–H and O–H groups in total. The average molecular weight is 273 g/mol. The molecule has 2 nitrogen and oxygen atoms in total. The van der Waals surface area contributed by atoms with Crippen LogP contribution in [-0.4, -0.2) is 0 Å². The summed E-state index contributed by atoms with van der Waals surface area (Å²) >= 11 is 0. The Bertz CT molecular complexity index is 608. The zero-order chi connectivity index (χ0) is 14.7. The Morgan fingerprint density at radius 1 is 1.10 bits per heavy atom. The van der Waals surface area contributed by atoms with E-state index in [0.29, 0.717) is 6.61 Å². The van der Waals surface area contributed by atoms with Crippen LogP contribution in [0.25, 0.3) is 0 Å². The van der Waals surface area contributed by atoms with Crippen molar-refractivity contribution in [3.63, 3.8) is 0 Å². The van der Waals surface area contributed by atoms with Gasteiger partial charge in [0.2, 0.25) is 0 Å². The van der Waals surface area contributed by atoms with Crippen LogP contribution >= 0.6 is 0 Å². The minimum Gasteiger partial charge on any atom is -0.489 e. The lowest BCUT2D eigenvalue weighted by molar-refractivity contribution is 0.303. The molecule has 106 valence electrons. The highest BCUT2D eigenvalue weighted by molar-refractivity contribution is 5.37. The van der Waals surface area contributed by atoms with Crippen molar-refractivity contribution in [1.29, 1.82) is 0 Å². The number of nitrogens with two attached hydrogens (primary N) is 1. The molecule has 1 atom stereocenters. The van der Waals surface area contributed by atoms with E-state index in [4.69, 9.17) is 10.5 Å². The highest BCUT2D eigenvalue weighted by Crippen LogP contribution is 2.23. The summed E-state index contributed by atoms with van der Waals surface area (Å²) in [6.07, 6.45) is 0. The molecular formula is C17H20FNO. The number of halogens is 1. The molecule has 3 heteroatoms. The Hall–Kier alpha value is -1.87. The van der Waals surface area contributed by atoms with Gasteiger partial charge in [-0.15, -0.1) is 0 Å². The zero-order valence-electron chi connectivity index (χ0n) is 12.1. The summed E-state index contributed by atoms with van der Waals surface area (Å²) in [4.78, 5) is 0. The quantitative estimate of drug-likeness (QED) is 0.912. The van der Waals surface area contributed by atoms with E-state index in [1.54, 1.807) is 6.07 Å². The lowest BCUT2D eigenvalue weighted by Crippen LogP contribution is -2.06. The molecule has 0 aliphatic carbocycles. The first-order valence-electron chi connectivity index (χ1n) is 6.71. The van der Waals surface area contributed by atoms with E-state index >= 15 is 0 Å². The maximum Gasteiger partial charge on any atom is 0.123 e. The van der Waals surface area contributed by atoms with Crippen LogP contribution < -0.4 is 10.5 Å². The molecule has 0 spiro atoms. The fraction of sp³-hybridized carbons (Fsp3) is 0.294. The second-order valence-corrected chi connectivity index (χ2v) is 5.17. The zero-order valence-corrected chi connectivity index (χ0v) is 12.1. The van der Waals surface area contributed by atoms with E-state index in [2.05, 4.69) is 0 Å². The Balaban J connectivity index is 2.11. The van der Waals surface area contributed by atoms with E-state index < -0.39 is 0 Å². The van der Waals surface area contributed by atoms with Gasteiger partial charge in [0.1, 0.15) is 18.2 Å². The molecule has 0 unspecified atom stereocenters. The molecule has 0 saturated heterocycles. The second kappa shape index (κ2) is 6.06. The predicted molar refractivity (Wildman–Crippen MR) is 79.3 cm³/mol. The van der Waals surface area contributed by atoms with Gasteiger partial charge in [-0.3, -0.25) is 0 Å². The van der Waals surface area contributed by atoms with E-state index in [0.717, 1.165) is 28.0 Å². The van der Waals surface area contributed by atoms with Crippen molar-refractivity contribution >= 4 is 0 Å². The maximum absolute atomic E-state index is 13.0. The molecule has 0 aliphatic heterocycles. The molecule has 2 aromatic carbocycles. The summed E-state index contributed by atoms with van der Waals surface area (Å²) in [5.41, 5.74) is 9.89. The van der Waals surface area contributed by atoms with Crippen LogP contribution in [0.3, 0.4) is 0 Å². The molecule has 2 aromatic rings. The molecular weight excluding hydrogens is 253 g/mol. The summed E-state index contributed by atoms with van der Waals surface area (Å²) in [6.45, 7) is 6.27. The molecule has 0 aromatic heterocycles. The standard InChI is InChI=1S/C17H20FNO/c1-11-9-16(18)6-4-15(11)10-20-17-7-5-14(13(3)19)8-12(17)2/h4-9,13H,10,19H2,1-3H3/t13-/m0/s1. The van der Waals surface area contributed by atoms with Gasteiger partial charge >= 0.3 is 0 Å². The molecule has 0 heterocycles. The van der Waals surface area contributed by atoms with E-state index in [1.807, 2.05) is 39.0 Å². The molecule has 0 bridgehead atoms. The molecule has 0 saturated carbocycles. The van der Waals surface area contributed by atoms with Crippen molar-refractivity contribution in [3.05, 3.63) is 64.5 Å². The third kappa shape index (κ3) is 3.36. The summed E-state index contributed by atoms with van der Waals surface area (Å²) in [5.74, 6) is 0.613. The Morgan fingerprint density at radius 2 is 1.85 bits per heavy atom. The fourth-order valence-electron chi connectivity index (χ4n) is 2.09. The highest BCUT2D eigenvalue weighted by atomic mass is 19.1. The smallest absolute Gasteiger partial charge is 0.123 e. The Morgan fingerprint density at radius 3 is 2.45 bits per heavy atom. The summed E-state index contributed by atoms with van der Waals surface area (Å²) in [6, 6.07) is 10.7. The number of ether oxygens (including phenoxy) is 1. The van der Waals surface area contributed by atoms with Gasteiger partial charge in [-0.2, -0.15) is 0 Å². The van der Waals surface area contributed by atoms with Gasteiger partial charge in [0.15, 0.2) is 0 Å². The van der Waals surface area contributed by atoms with Crippen molar-refractivity contribution < 1.29 is 9.13 Å². The molecule has 0 radical (unpaired) electrons. The van der Waals surface area contributed by atoms with Gasteiger partial charge < -0.3 is 10.5 Å². The van der Waals surface area contributed by atoms with Crippen molar-refractivity contribution in [2.45, 2.75) is 33.4 Å². The summed E-state index contributed by atoms with van der Waals surface area (Å²) < 4.78 is 18.9. The van der Waals surface area contributed by atoms with Crippen LogP contribution in [0.2, 0.25) is 0 Å². The predicted octanol–water partition coefficient (Wildman–Crippen LogP) is 4.04. The lowest BCUT2D eigenvalue weighted by Gasteiger charge is -2.13. The van der Waals surface area contributed by atoms with Crippen LogP contribution in [0.1, 0.15) is 35.2 Å². The van der Waals surface area contributed by atoms with Crippen LogP contribution in [-0.2, 0) is 6.61 Å². The van der Waals surface area contributed by atoms with Crippen molar-refractivity contribution in [1.82, 2.24) is 0 Å². The van der Waals surface area contributed by atoms with Gasteiger partial charge in [-0.05, 0) is 61.2 Å². The van der Waals surface area contributed by atoms with Crippen LogP contribution in [0.4, 0.5) is 4.39 Å². The second-order valence-electron chi connectivity index (χ2n) is 5.17. The molecule has 20 heavy (non-hydrogen) atoms. The summed E-state index contributed by atoms with van der Waals surface area (Å²) in [7, 11) is 0. The first-order chi connectivity index (χ1) is 9.47. The largest absolute Gasteiger partial charge is 0.489 e. The molecule has 0 amide bonds. The van der Waals surface area contributed by atoms with E-state index in [1.165, 1.54) is 12.1 Å². The lowest BCUT2D eigenvalue weighted by atomic mass is 10.1. The van der Waals surface area contributed by atoms with E-state index in [-0.39, 0.29) is 11.9 Å². The number of rotatable bonds is 4. The minimum atomic E-state index is -0.219. The van der Waals surface area contributed by atoms with E-state index in [9.17, 15) is 4.39 Å². The van der Waals surface area contributed by atoms with Crippen LogP contribution in [0, 0.1) is 19.7 Å². The van der Waals surface area contributed by atoms with Crippen molar-refractivity contribution in [2.75, 3.05) is 0 Å². The third-order valence-corrected chi connectivity index (χ3v) is 3.41. The van der Waals surface area contributed by atoms with Gasteiger partial charge in [-0.1, -0.05) is 18.2 Å². The summed E-state index contributed by atoms with van der Waals surface area (Å²) in [5, 5.41) is 0. The normalized spacial score (nSPS) is 12.2. The Labute approximate surface area is 119 Å².